The molecule has 0 bridgehead atoms. The van der Waals surface area contributed by atoms with E-state index in [1.807, 2.05) is 12.3 Å². The number of nitrogens with two attached hydrogens (primary N) is 1. The van der Waals surface area contributed by atoms with E-state index >= 15 is 0 Å². The van der Waals surface area contributed by atoms with Crippen molar-refractivity contribution < 1.29 is 0 Å². The van der Waals surface area contributed by atoms with Crippen molar-refractivity contribution in [3.63, 3.8) is 0 Å². The Labute approximate surface area is 85.5 Å². The normalized spacial score (nSPS) is 19.4. The number of hydrogen-bond donors (Lipinski definition) is 1. The van der Waals surface area contributed by atoms with Gasteiger partial charge < -0.3 is 5.73 Å². The van der Waals surface area contributed by atoms with Gasteiger partial charge in [-0.3, -0.25) is 4.98 Å². The molecule has 1 aliphatic rings. The van der Waals surface area contributed by atoms with E-state index in [0.29, 0.717) is 5.92 Å². The Balaban J connectivity index is 2.41. The molecule has 14 heavy (non-hydrogen) atoms. The summed E-state index contributed by atoms with van der Waals surface area (Å²) >= 11 is 0. The van der Waals surface area contributed by atoms with E-state index in [0.717, 1.165) is 18.5 Å². The van der Waals surface area contributed by atoms with Crippen molar-refractivity contribution in [1.29, 1.82) is 0 Å². The van der Waals surface area contributed by atoms with Gasteiger partial charge in [-0.1, -0.05) is 19.9 Å². The first-order chi connectivity index (χ1) is 6.63. The second-order valence-electron chi connectivity index (χ2n) is 4.61. The number of hydrogen-bond acceptors (Lipinski definition) is 2. The van der Waals surface area contributed by atoms with Crippen LogP contribution in [0.25, 0.3) is 0 Å². The summed E-state index contributed by atoms with van der Waals surface area (Å²) < 4.78 is 0. The third-order valence-corrected chi connectivity index (χ3v) is 3.18. The zero-order valence-corrected chi connectivity index (χ0v) is 8.96. The molecule has 0 aliphatic heterocycles. The molecule has 1 heterocycles. The fraction of sp³-hybridized carbons (Fsp3) is 0.583. The Bertz CT molecular complexity index is 327. The standard InChI is InChI=1S/C12H18N2/c1-9(2)10-5-3-8-14-11(10)12(13)6-4-7-12/h3,5,8-9H,4,6-7,13H2,1-2H3. The van der Waals surface area contributed by atoms with E-state index < -0.39 is 0 Å². The Morgan fingerprint density at radius 1 is 1.43 bits per heavy atom. The molecule has 2 rings (SSSR count). The molecule has 1 aromatic rings. The summed E-state index contributed by atoms with van der Waals surface area (Å²) in [5, 5.41) is 0. The molecular formula is C12H18N2. The molecule has 1 fully saturated rings. The minimum Gasteiger partial charge on any atom is -0.320 e. The maximum atomic E-state index is 6.30. The molecule has 0 unspecified atom stereocenters. The maximum Gasteiger partial charge on any atom is 0.0636 e. The first kappa shape index (κ1) is 9.66. The van der Waals surface area contributed by atoms with E-state index in [1.54, 1.807) is 0 Å². The highest BCUT2D eigenvalue weighted by Gasteiger charge is 2.37. The van der Waals surface area contributed by atoms with Gasteiger partial charge in [0, 0.05) is 6.20 Å². The van der Waals surface area contributed by atoms with Gasteiger partial charge in [0.15, 0.2) is 0 Å². The quantitative estimate of drug-likeness (QED) is 0.778. The average molecular weight is 190 g/mol. The second-order valence-corrected chi connectivity index (χ2v) is 4.61. The zero-order valence-electron chi connectivity index (χ0n) is 8.96. The SMILES string of the molecule is CC(C)c1cccnc1C1(N)CCC1. The molecule has 1 saturated carbocycles. The van der Waals surface area contributed by atoms with Gasteiger partial charge in [0.25, 0.3) is 0 Å². The van der Waals surface area contributed by atoms with Crippen molar-refractivity contribution in [2.45, 2.75) is 44.6 Å². The van der Waals surface area contributed by atoms with Crippen molar-refractivity contribution in [2.75, 3.05) is 0 Å². The van der Waals surface area contributed by atoms with Crippen LogP contribution >= 0.6 is 0 Å². The first-order valence-electron chi connectivity index (χ1n) is 5.38. The molecule has 0 aromatic carbocycles. The van der Waals surface area contributed by atoms with Crippen LogP contribution in [0.15, 0.2) is 18.3 Å². The van der Waals surface area contributed by atoms with Crippen LogP contribution in [0.1, 0.15) is 50.3 Å². The maximum absolute atomic E-state index is 6.30. The Hall–Kier alpha value is -0.890. The van der Waals surface area contributed by atoms with Crippen molar-refractivity contribution in [2.24, 2.45) is 5.73 Å². The molecule has 0 atom stereocenters. The van der Waals surface area contributed by atoms with Gasteiger partial charge in [-0.05, 0) is 36.8 Å². The van der Waals surface area contributed by atoms with Crippen LogP contribution in [-0.2, 0) is 5.54 Å². The largest absolute Gasteiger partial charge is 0.320 e. The predicted octanol–water partition coefficient (Wildman–Crippen LogP) is 2.54. The predicted molar refractivity (Wildman–Crippen MR) is 58.0 cm³/mol. The summed E-state index contributed by atoms with van der Waals surface area (Å²) in [4.78, 5) is 4.47. The minimum absolute atomic E-state index is 0.124. The number of pyridine rings is 1. The zero-order chi connectivity index (χ0) is 10.2. The molecule has 2 N–H and O–H groups in total. The van der Waals surface area contributed by atoms with Crippen molar-refractivity contribution in [3.8, 4) is 0 Å². The van der Waals surface area contributed by atoms with E-state index in [9.17, 15) is 0 Å². The molecule has 76 valence electrons. The van der Waals surface area contributed by atoms with Gasteiger partial charge in [0.1, 0.15) is 0 Å². The van der Waals surface area contributed by atoms with Crippen LogP contribution in [0, 0.1) is 0 Å². The topological polar surface area (TPSA) is 38.9 Å². The second kappa shape index (κ2) is 3.35. The smallest absolute Gasteiger partial charge is 0.0636 e. The van der Waals surface area contributed by atoms with E-state index in [-0.39, 0.29) is 5.54 Å². The fourth-order valence-electron chi connectivity index (χ4n) is 2.09. The highest BCUT2D eigenvalue weighted by molar-refractivity contribution is 5.30. The first-order valence-corrected chi connectivity index (χ1v) is 5.38. The van der Waals surface area contributed by atoms with Gasteiger partial charge in [0.05, 0.1) is 11.2 Å². The summed E-state index contributed by atoms with van der Waals surface area (Å²) in [5.41, 5.74) is 8.62. The Morgan fingerprint density at radius 2 is 2.14 bits per heavy atom. The van der Waals surface area contributed by atoms with Gasteiger partial charge in [0.2, 0.25) is 0 Å². The molecule has 1 aromatic heterocycles. The van der Waals surface area contributed by atoms with Gasteiger partial charge in [-0.2, -0.15) is 0 Å². The minimum atomic E-state index is -0.124. The van der Waals surface area contributed by atoms with Crippen LogP contribution in [0.4, 0.5) is 0 Å². The third-order valence-electron chi connectivity index (χ3n) is 3.18. The lowest BCUT2D eigenvalue weighted by Crippen LogP contribution is -2.44. The van der Waals surface area contributed by atoms with Crippen molar-refractivity contribution >= 4 is 0 Å². The highest BCUT2D eigenvalue weighted by Crippen LogP contribution is 2.40. The van der Waals surface area contributed by atoms with Crippen LogP contribution in [0.2, 0.25) is 0 Å². The fourth-order valence-corrected chi connectivity index (χ4v) is 2.09. The monoisotopic (exact) mass is 190 g/mol. The van der Waals surface area contributed by atoms with Crippen molar-refractivity contribution in [3.05, 3.63) is 29.6 Å². The van der Waals surface area contributed by atoms with Gasteiger partial charge in [-0.25, -0.2) is 0 Å². The van der Waals surface area contributed by atoms with E-state index in [1.165, 1.54) is 12.0 Å². The molecular weight excluding hydrogens is 172 g/mol. The van der Waals surface area contributed by atoms with Crippen molar-refractivity contribution in [1.82, 2.24) is 4.98 Å². The molecule has 0 saturated heterocycles. The Kier molecular flexibility index (Phi) is 2.31. The average Bonchev–Trinajstić information content (AvgIpc) is 2.14. The van der Waals surface area contributed by atoms with Crippen LogP contribution < -0.4 is 5.73 Å². The van der Waals surface area contributed by atoms with Crippen LogP contribution in [0.5, 0.6) is 0 Å². The lowest BCUT2D eigenvalue weighted by atomic mass is 9.73. The van der Waals surface area contributed by atoms with E-state index in [2.05, 4.69) is 24.9 Å². The summed E-state index contributed by atoms with van der Waals surface area (Å²) in [5.74, 6) is 0.514. The third kappa shape index (κ3) is 1.44. The molecule has 1 aliphatic carbocycles. The number of rotatable bonds is 2. The number of nitrogens with zero attached hydrogens (tertiary/aromatic N) is 1. The summed E-state index contributed by atoms with van der Waals surface area (Å²) in [6, 6.07) is 4.15. The van der Waals surface area contributed by atoms with Gasteiger partial charge >= 0.3 is 0 Å². The molecule has 2 nitrogen and oxygen atoms in total. The highest BCUT2D eigenvalue weighted by atomic mass is 14.9. The lowest BCUT2D eigenvalue weighted by molar-refractivity contribution is 0.243. The summed E-state index contributed by atoms with van der Waals surface area (Å²) in [7, 11) is 0. The Morgan fingerprint density at radius 3 is 2.64 bits per heavy atom. The molecule has 2 heteroatoms. The van der Waals surface area contributed by atoms with Gasteiger partial charge in [-0.15, -0.1) is 0 Å². The summed E-state index contributed by atoms with van der Waals surface area (Å²) in [6.07, 6.45) is 5.27. The number of aromatic nitrogens is 1. The molecule has 0 spiro atoms. The molecule has 0 radical (unpaired) electrons. The summed E-state index contributed by atoms with van der Waals surface area (Å²) in [6.45, 7) is 4.39. The molecule has 0 amide bonds. The van der Waals surface area contributed by atoms with E-state index in [4.69, 9.17) is 5.73 Å². The van der Waals surface area contributed by atoms with Crippen LogP contribution in [-0.4, -0.2) is 4.98 Å². The van der Waals surface area contributed by atoms with Crippen LogP contribution in [0.3, 0.4) is 0 Å². The lowest BCUT2D eigenvalue weighted by Gasteiger charge is -2.39.